The minimum atomic E-state index is -0.916. The van der Waals surface area contributed by atoms with Crippen LogP contribution in [0, 0.1) is 16.7 Å². The van der Waals surface area contributed by atoms with Crippen molar-refractivity contribution in [2.45, 2.75) is 25.9 Å². The SMILES string of the molecule is N#CC1(C(=O)N2CCn3cnnc3C2)CCOCC1. The van der Waals surface area contributed by atoms with Gasteiger partial charge in [0.05, 0.1) is 12.6 Å². The molecule has 0 aliphatic carbocycles. The summed E-state index contributed by atoms with van der Waals surface area (Å²) in [7, 11) is 0. The van der Waals surface area contributed by atoms with E-state index in [-0.39, 0.29) is 5.91 Å². The number of amides is 1. The average molecular weight is 261 g/mol. The molecule has 3 rings (SSSR count). The number of nitriles is 1. The molecule has 0 bridgehead atoms. The van der Waals surface area contributed by atoms with Crippen LogP contribution in [0.3, 0.4) is 0 Å². The van der Waals surface area contributed by atoms with Crippen LogP contribution in [0.2, 0.25) is 0 Å². The minimum Gasteiger partial charge on any atom is -0.381 e. The second-order valence-corrected chi connectivity index (χ2v) is 4.97. The number of hydrogen-bond donors (Lipinski definition) is 0. The summed E-state index contributed by atoms with van der Waals surface area (Å²) in [6.07, 6.45) is 2.63. The van der Waals surface area contributed by atoms with Crippen LogP contribution < -0.4 is 0 Å². The van der Waals surface area contributed by atoms with Gasteiger partial charge in [-0.2, -0.15) is 5.26 Å². The predicted octanol–water partition coefficient (Wildman–Crippen LogP) is -0.0593. The molecule has 2 aliphatic rings. The Balaban J connectivity index is 1.79. The van der Waals surface area contributed by atoms with Crippen LogP contribution in [-0.4, -0.2) is 45.3 Å². The molecular formula is C12H15N5O2. The number of fused-ring (bicyclic) bond motifs is 1. The van der Waals surface area contributed by atoms with E-state index in [2.05, 4.69) is 16.3 Å². The van der Waals surface area contributed by atoms with Crippen molar-refractivity contribution in [2.75, 3.05) is 19.8 Å². The number of ether oxygens (including phenoxy) is 1. The molecular weight excluding hydrogens is 246 g/mol. The van der Waals surface area contributed by atoms with Gasteiger partial charge in [-0.05, 0) is 12.8 Å². The van der Waals surface area contributed by atoms with Crippen molar-refractivity contribution in [1.29, 1.82) is 5.26 Å². The lowest BCUT2D eigenvalue weighted by atomic mass is 9.80. The van der Waals surface area contributed by atoms with Crippen molar-refractivity contribution < 1.29 is 9.53 Å². The second-order valence-electron chi connectivity index (χ2n) is 4.97. The van der Waals surface area contributed by atoms with Crippen LogP contribution in [0.15, 0.2) is 6.33 Å². The first-order valence-corrected chi connectivity index (χ1v) is 6.40. The van der Waals surface area contributed by atoms with Gasteiger partial charge in [-0.25, -0.2) is 0 Å². The largest absolute Gasteiger partial charge is 0.381 e. The summed E-state index contributed by atoms with van der Waals surface area (Å²) in [6, 6.07) is 2.22. The van der Waals surface area contributed by atoms with Crippen LogP contribution >= 0.6 is 0 Å². The first kappa shape index (κ1) is 12.1. The number of rotatable bonds is 1. The number of hydrogen-bond acceptors (Lipinski definition) is 5. The van der Waals surface area contributed by atoms with Crippen LogP contribution in [0.25, 0.3) is 0 Å². The molecule has 0 radical (unpaired) electrons. The zero-order valence-electron chi connectivity index (χ0n) is 10.6. The second kappa shape index (κ2) is 4.63. The van der Waals surface area contributed by atoms with Gasteiger partial charge >= 0.3 is 0 Å². The summed E-state index contributed by atoms with van der Waals surface area (Å²) in [6.45, 7) is 2.68. The van der Waals surface area contributed by atoms with E-state index in [1.165, 1.54) is 0 Å². The van der Waals surface area contributed by atoms with E-state index in [4.69, 9.17) is 4.74 Å². The number of nitrogens with zero attached hydrogens (tertiary/aromatic N) is 5. The Hall–Kier alpha value is -1.94. The Morgan fingerprint density at radius 1 is 1.42 bits per heavy atom. The first-order valence-electron chi connectivity index (χ1n) is 6.40. The van der Waals surface area contributed by atoms with E-state index in [1.54, 1.807) is 11.2 Å². The molecule has 0 N–H and O–H groups in total. The van der Waals surface area contributed by atoms with Crippen molar-refractivity contribution in [2.24, 2.45) is 5.41 Å². The van der Waals surface area contributed by atoms with E-state index >= 15 is 0 Å². The van der Waals surface area contributed by atoms with Gasteiger partial charge in [-0.3, -0.25) is 4.79 Å². The van der Waals surface area contributed by atoms with Crippen LogP contribution in [0.4, 0.5) is 0 Å². The molecule has 0 aromatic carbocycles. The van der Waals surface area contributed by atoms with Crippen molar-refractivity contribution >= 4 is 5.91 Å². The topological polar surface area (TPSA) is 84.0 Å². The molecule has 0 atom stereocenters. The maximum atomic E-state index is 12.6. The fourth-order valence-corrected chi connectivity index (χ4v) is 2.64. The highest BCUT2D eigenvalue weighted by atomic mass is 16.5. The number of carbonyl (C=O) groups is 1. The minimum absolute atomic E-state index is 0.0902. The van der Waals surface area contributed by atoms with Gasteiger partial charge in [0.15, 0.2) is 5.82 Å². The molecule has 1 aromatic heterocycles. The zero-order valence-corrected chi connectivity index (χ0v) is 10.6. The zero-order chi connectivity index (χ0) is 13.3. The fourth-order valence-electron chi connectivity index (χ4n) is 2.64. The molecule has 100 valence electrons. The van der Waals surface area contributed by atoms with Gasteiger partial charge in [0.1, 0.15) is 11.7 Å². The van der Waals surface area contributed by atoms with Gasteiger partial charge in [0, 0.05) is 26.3 Å². The Kier molecular flexibility index (Phi) is 2.95. The van der Waals surface area contributed by atoms with Gasteiger partial charge in [-0.1, -0.05) is 0 Å². The molecule has 19 heavy (non-hydrogen) atoms. The lowest BCUT2D eigenvalue weighted by Gasteiger charge is -2.36. The van der Waals surface area contributed by atoms with Gasteiger partial charge in [-0.15, -0.1) is 10.2 Å². The fraction of sp³-hybridized carbons (Fsp3) is 0.667. The van der Waals surface area contributed by atoms with Crippen LogP contribution in [-0.2, 0) is 22.6 Å². The Bertz CT molecular complexity index is 526. The maximum absolute atomic E-state index is 12.6. The summed E-state index contributed by atoms with van der Waals surface area (Å²) < 4.78 is 7.20. The third-order valence-corrected chi connectivity index (χ3v) is 3.90. The Morgan fingerprint density at radius 3 is 2.95 bits per heavy atom. The van der Waals surface area contributed by atoms with Crippen molar-refractivity contribution in [3.05, 3.63) is 12.2 Å². The van der Waals surface area contributed by atoms with Crippen molar-refractivity contribution in [3.8, 4) is 6.07 Å². The highest BCUT2D eigenvalue weighted by Crippen LogP contribution is 2.32. The van der Waals surface area contributed by atoms with E-state index in [0.717, 1.165) is 5.82 Å². The molecule has 7 heteroatoms. The highest BCUT2D eigenvalue weighted by molar-refractivity contribution is 5.85. The molecule has 0 saturated carbocycles. The summed E-state index contributed by atoms with van der Waals surface area (Å²) in [5.41, 5.74) is -0.916. The molecule has 7 nitrogen and oxygen atoms in total. The average Bonchev–Trinajstić information content (AvgIpc) is 2.94. The van der Waals surface area contributed by atoms with Gasteiger partial charge in [0.25, 0.3) is 0 Å². The van der Waals surface area contributed by atoms with Gasteiger partial charge in [0.2, 0.25) is 5.91 Å². The molecule has 1 aromatic rings. The lowest BCUT2D eigenvalue weighted by Crippen LogP contribution is -2.48. The molecule has 0 spiro atoms. The molecule has 3 heterocycles. The maximum Gasteiger partial charge on any atom is 0.243 e. The molecule has 2 aliphatic heterocycles. The summed E-state index contributed by atoms with van der Waals surface area (Å²) in [5, 5.41) is 17.2. The normalized spacial score (nSPS) is 21.5. The highest BCUT2D eigenvalue weighted by Gasteiger charge is 2.43. The van der Waals surface area contributed by atoms with Gasteiger partial charge < -0.3 is 14.2 Å². The Labute approximate surface area is 110 Å². The van der Waals surface area contributed by atoms with Crippen molar-refractivity contribution in [3.63, 3.8) is 0 Å². The van der Waals surface area contributed by atoms with E-state index in [0.29, 0.717) is 45.7 Å². The summed E-state index contributed by atoms with van der Waals surface area (Å²) in [5.74, 6) is 0.687. The third kappa shape index (κ3) is 1.98. The number of carbonyl (C=O) groups excluding carboxylic acids is 1. The summed E-state index contributed by atoms with van der Waals surface area (Å²) >= 11 is 0. The lowest BCUT2D eigenvalue weighted by molar-refractivity contribution is -0.145. The smallest absolute Gasteiger partial charge is 0.243 e. The quantitative estimate of drug-likeness (QED) is 0.707. The monoisotopic (exact) mass is 261 g/mol. The van der Waals surface area contributed by atoms with E-state index in [9.17, 15) is 10.1 Å². The molecule has 1 amide bonds. The standard InChI is InChI=1S/C12H15N5O2/c13-8-12(1-5-19-6-2-12)11(18)16-3-4-17-9-14-15-10(17)7-16/h9H,1-7H2. The third-order valence-electron chi connectivity index (χ3n) is 3.90. The Morgan fingerprint density at radius 2 is 2.21 bits per heavy atom. The number of aromatic nitrogens is 3. The van der Waals surface area contributed by atoms with E-state index < -0.39 is 5.41 Å². The first-order chi connectivity index (χ1) is 9.25. The molecule has 0 unspecified atom stereocenters. The predicted molar refractivity (Wildman–Crippen MR) is 63.5 cm³/mol. The van der Waals surface area contributed by atoms with Crippen molar-refractivity contribution in [1.82, 2.24) is 19.7 Å². The van der Waals surface area contributed by atoms with Crippen LogP contribution in [0.5, 0.6) is 0 Å². The molecule has 1 saturated heterocycles. The molecule has 1 fully saturated rings. The summed E-state index contributed by atoms with van der Waals surface area (Å²) in [4.78, 5) is 14.3. The van der Waals surface area contributed by atoms with Crippen LogP contribution in [0.1, 0.15) is 18.7 Å². The van der Waals surface area contributed by atoms with E-state index in [1.807, 2.05) is 4.57 Å².